The average molecular weight is 223 g/mol. The van der Waals surface area contributed by atoms with Crippen LogP contribution >= 0.6 is 0 Å². The molecule has 0 aromatic rings. The SMILES string of the molecule is CN(C)CCCCN.[Pd]. The zero-order chi connectivity index (χ0) is 6.41. The molecule has 0 aromatic heterocycles. The van der Waals surface area contributed by atoms with Crippen molar-refractivity contribution in [2.45, 2.75) is 12.8 Å². The van der Waals surface area contributed by atoms with Crippen molar-refractivity contribution in [3.63, 3.8) is 0 Å². The van der Waals surface area contributed by atoms with Gasteiger partial charge in [0.05, 0.1) is 0 Å². The number of nitrogens with zero attached hydrogens (tertiary/aromatic N) is 1. The van der Waals surface area contributed by atoms with Crippen LogP contribution < -0.4 is 5.73 Å². The summed E-state index contributed by atoms with van der Waals surface area (Å²) in [6, 6.07) is 0. The Hall–Kier alpha value is 0.582. The Morgan fingerprint density at radius 3 is 2.11 bits per heavy atom. The molecule has 0 unspecified atom stereocenters. The molecule has 0 bridgehead atoms. The van der Waals surface area contributed by atoms with Gasteiger partial charge in [-0.1, -0.05) is 0 Å². The van der Waals surface area contributed by atoms with Crippen LogP contribution in [0, 0.1) is 0 Å². The summed E-state index contributed by atoms with van der Waals surface area (Å²) in [5.41, 5.74) is 5.30. The molecule has 60 valence electrons. The van der Waals surface area contributed by atoms with Gasteiger partial charge in [-0.05, 0) is 40.0 Å². The van der Waals surface area contributed by atoms with E-state index in [4.69, 9.17) is 5.73 Å². The van der Waals surface area contributed by atoms with Crippen molar-refractivity contribution in [3.05, 3.63) is 0 Å². The third-order valence-electron chi connectivity index (χ3n) is 1.06. The monoisotopic (exact) mass is 222 g/mol. The van der Waals surface area contributed by atoms with E-state index in [0.29, 0.717) is 0 Å². The van der Waals surface area contributed by atoms with Crippen molar-refractivity contribution in [2.24, 2.45) is 5.73 Å². The van der Waals surface area contributed by atoms with Gasteiger partial charge < -0.3 is 10.6 Å². The van der Waals surface area contributed by atoms with Gasteiger partial charge >= 0.3 is 0 Å². The summed E-state index contributed by atoms with van der Waals surface area (Å²) >= 11 is 0. The summed E-state index contributed by atoms with van der Waals surface area (Å²) in [6.07, 6.45) is 2.38. The zero-order valence-electron chi connectivity index (χ0n) is 6.17. The molecule has 0 aliphatic heterocycles. The van der Waals surface area contributed by atoms with Gasteiger partial charge in [0.2, 0.25) is 0 Å². The molecule has 0 atom stereocenters. The van der Waals surface area contributed by atoms with Crippen LogP contribution in [0.15, 0.2) is 0 Å². The van der Waals surface area contributed by atoms with E-state index in [1.807, 2.05) is 0 Å². The van der Waals surface area contributed by atoms with Gasteiger partial charge in [0.15, 0.2) is 0 Å². The van der Waals surface area contributed by atoms with Gasteiger partial charge in [0.25, 0.3) is 0 Å². The summed E-state index contributed by atoms with van der Waals surface area (Å²) in [5, 5.41) is 0. The first-order valence-electron chi connectivity index (χ1n) is 3.12. The Labute approximate surface area is 71.4 Å². The summed E-state index contributed by atoms with van der Waals surface area (Å²) in [7, 11) is 4.16. The molecule has 0 amide bonds. The predicted octanol–water partition coefficient (Wildman–Crippen LogP) is 0.284. The third-order valence-corrected chi connectivity index (χ3v) is 1.06. The van der Waals surface area contributed by atoms with Gasteiger partial charge in [0, 0.05) is 20.4 Å². The minimum absolute atomic E-state index is 0. The van der Waals surface area contributed by atoms with E-state index in [0.717, 1.165) is 19.5 Å². The molecule has 2 nitrogen and oxygen atoms in total. The molecule has 0 fully saturated rings. The van der Waals surface area contributed by atoms with Gasteiger partial charge in [-0.3, -0.25) is 0 Å². The van der Waals surface area contributed by atoms with Gasteiger partial charge in [-0.25, -0.2) is 0 Å². The minimum Gasteiger partial charge on any atom is -0.330 e. The van der Waals surface area contributed by atoms with Crippen LogP contribution in [0.25, 0.3) is 0 Å². The summed E-state index contributed by atoms with van der Waals surface area (Å²) < 4.78 is 0. The van der Waals surface area contributed by atoms with E-state index >= 15 is 0 Å². The van der Waals surface area contributed by atoms with E-state index in [1.54, 1.807) is 0 Å². The Morgan fingerprint density at radius 1 is 1.22 bits per heavy atom. The average Bonchev–Trinajstić information content (AvgIpc) is 1.66. The molecule has 0 rings (SSSR count). The fourth-order valence-corrected chi connectivity index (χ4v) is 0.572. The van der Waals surface area contributed by atoms with Gasteiger partial charge in [-0.2, -0.15) is 0 Å². The second-order valence-electron chi connectivity index (χ2n) is 2.30. The molecular formula is C6H16N2Pd. The third kappa shape index (κ3) is 11.9. The van der Waals surface area contributed by atoms with Crippen molar-refractivity contribution < 1.29 is 20.4 Å². The molecule has 0 aliphatic carbocycles. The van der Waals surface area contributed by atoms with E-state index in [9.17, 15) is 0 Å². The summed E-state index contributed by atoms with van der Waals surface area (Å²) in [4.78, 5) is 2.18. The van der Waals surface area contributed by atoms with Gasteiger partial charge in [-0.15, -0.1) is 0 Å². The molecule has 0 aromatic carbocycles. The van der Waals surface area contributed by atoms with Crippen molar-refractivity contribution >= 4 is 0 Å². The van der Waals surface area contributed by atoms with Crippen LogP contribution in [0.4, 0.5) is 0 Å². The topological polar surface area (TPSA) is 29.3 Å². The molecule has 0 spiro atoms. The largest absolute Gasteiger partial charge is 0.330 e. The first kappa shape index (κ1) is 12.3. The molecule has 0 radical (unpaired) electrons. The quantitative estimate of drug-likeness (QED) is 0.547. The van der Waals surface area contributed by atoms with E-state index in [-0.39, 0.29) is 20.4 Å². The Kier molecular flexibility index (Phi) is 11.7. The van der Waals surface area contributed by atoms with Crippen molar-refractivity contribution in [1.29, 1.82) is 0 Å². The summed E-state index contributed by atoms with van der Waals surface area (Å²) in [5.74, 6) is 0. The molecule has 0 saturated heterocycles. The van der Waals surface area contributed by atoms with Crippen LogP contribution in [0.2, 0.25) is 0 Å². The molecule has 9 heavy (non-hydrogen) atoms. The fourth-order valence-electron chi connectivity index (χ4n) is 0.572. The van der Waals surface area contributed by atoms with Crippen LogP contribution in [-0.2, 0) is 20.4 Å². The molecule has 3 heteroatoms. The molecule has 2 N–H and O–H groups in total. The maximum atomic E-state index is 5.30. The smallest absolute Gasteiger partial charge is 0 e. The molecular weight excluding hydrogens is 206 g/mol. The number of unbranched alkanes of at least 4 members (excludes halogenated alkanes) is 1. The maximum Gasteiger partial charge on any atom is 0 e. The first-order valence-corrected chi connectivity index (χ1v) is 3.12. The van der Waals surface area contributed by atoms with Crippen molar-refractivity contribution in [2.75, 3.05) is 27.2 Å². The normalized spacial score (nSPS) is 9.33. The first-order chi connectivity index (χ1) is 3.77. The zero-order valence-corrected chi connectivity index (χ0v) is 7.72. The van der Waals surface area contributed by atoms with E-state index in [1.165, 1.54) is 6.42 Å². The minimum atomic E-state index is 0. The Balaban J connectivity index is 0. The van der Waals surface area contributed by atoms with Crippen LogP contribution in [0.1, 0.15) is 12.8 Å². The number of hydrogen-bond donors (Lipinski definition) is 1. The maximum absolute atomic E-state index is 5.30. The number of hydrogen-bond acceptors (Lipinski definition) is 2. The number of nitrogens with two attached hydrogens (primary N) is 1. The van der Waals surface area contributed by atoms with Crippen molar-refractivity contribution in [3.8, 4) is 0 Å². The molecule has 0 aliphatic rings. The predicted molar refractivity (Wildman–Crippen MR) is 36.8 cm³/mol. The Morgan fingerprint density at radius 2 is 1.78 bits per heavy atom. The van der Waals surface area contributed by atoms with Crippen LogP contribution in [0.5, 0.6) is 0 Å². The van der Waals surface area contributed by atoms with Crippen LogP contribution in [-0.4, -0.2) is 32.1 Å². The second-order valence-corrected chi connectivity index (χ2v) is 2.30. The van der Waals surface area contributed by atoms with E-state index < -0.39 is 0 Å². The van der Waals surface area contributed by atoms with Gasteiger partial charge in [0.1, 0.15) is 0 Å². The second kappa shape index (κ2) is 8.58. The van der Waals surface area contributed by atoms with Crippen LogP contribution in [0.3, 0.4) is 0 Å². The van der Waals surface area contributed by atoms with E-state index in [2.05, 4.69) is 19.0 Å². The molecule has 0 heterocycles. The molecule has 0 saturated carbocycles. The fraction of sp³-hybridized carbons (Fsp3) is 1.00. The van der Waals surface area contributed by atoms with Crippen molar-refractivity contribution in [1.82, 2.24) is 4.90 Å². The number of rotatable bonds is 4. The summed E-state index contributed by atoms with van der Waals surface area (Å²) in [6.45, 7) is 1.99. The Bertz CT molecular complexity index is 48.3. The standard InChI is InChI=1S/C6H16N2.Pd/c1-8(2)6-4-3-5-7;/h3-7H2,1-2H3;.